The lowest BCUT2D eigenvalue weighted by Gasteiger charge is -2.63. The number of hydrogen-bond acceptors (Lipinski definition) is 6. The van der Waals surface area contributed by atoms with E-state index in [0.29, 0.717) is 12.8 Å². The number of hydrogen-bond donors (Lipinski definition) is 1. The van der Waals surface area contributed by atoms with Crippen LogP contribution in [0.4, 0.5) is 26.3 Å². The van der Waals surface area contributed by atoms with Gasteiger partial charge in [-0.3, -0.25) is 4.55 Å². The van der Waals surface area contributed by atoms with Gasteiger partial charge in [-0.15, -0.1) is 0 Å². The molecule has 1 heterocycles. The summed E-state index contributed by atoms with van der Waals surface area (Å²) in [5.41, 5.74) is -1.52. The van der Waals surface area contributed by atoms with Gasteiger partial charge in [-0.2, -0.15) is 34.8 Å². The molecule has 7 nitrogen and oxygen atoms in total. The summed E-state index contributed by atoms with van der Waals surface area (Å²) in [5.74, 6) is -14.4. The molecular weight excluding hydrogens is 462 g/mol. The van der Waals surface area contributed by atoms with E-state index in [0.717, 1.165) is 0 Å². The highest BCUT2D eigenvalue weighted by atomic mass is 32.2. The standard InChI is InChI=1S/C17H20F6O7S/c18-14(19)1-2-28-16(29-8-15(14,20)21)10-3-9-4-11(16)7-13(5-9,6-10)30-12(24)17(22,23)31(25,26)27/h9-11H,1-8H2,(H,25,26,27). The molecular formula is C17H20F6O7S. The molecule has 4 saturated carbocycles. The Balaban J connectivity index is 1.58. The van der Waals surface area contributed by atoms with E-state index in [2.05, 4.69) is 0 Å². The number of ether oxygens (including phenoxy) is 3. The fraction of sp³-hybridized carbons (Fsp3) is 0.941. The number of rotatable bonds is 3. The highest BCUT2D eigenvalue weighted by Crippen LogP contribution is 2.63. The van der Waals surface area contributed by atoms with Crippen molar-refractivity contribution in [3.63, 3.8) is 0 Å². The zero-order valence-corrected chi connectivity index (χ0v) is 16.8. The molecule has 14 heteroatoms. The van der Waals surface area contributed by atoms with Crippen molar-refractivity contribution in [2.75, 3.05) is 13.2 Å². The van der Waals surface area contributed by atoms with E-state index in [9.17, 15) is 39.6 Å². The molecule has 1 spiro atoms. The topological polar surface area (TPSA) is 99.1 Å². The van der Waals surface area contributed by atoms with Crippen LogP contribution in [0.2, 0.25) is 0 Å². The molecule has 5 aliphatic rings. The SMILES string of the molecule is O=C(OC12CC3CC(C1)C1(OCCC(F)(F)C(F)(F)CO1)C(C3)C2)C(F)(F)S(=O)(=O)O. The molecule has 0 amide bonds. The predicted octanol–water partition coefficient (Wildman–Crippen LogP) is 2.99. The van der Waals surface area contributed by atoms with Crippen LogP contribution in [0, 0.1) is 17.8 Å². The largest absolute Gasteiger partial charge is 0.465 e. The second kappa shape index (κ2) is 6.70. The molecule has 0 aromatic heterocycles. The first-order valence-electron chi connectivity index (χ1n) is 9.65. The molecule has 31 heavy (non-hydrogen) atoms. The third-order valence-corrected chi connectivity index (χ3v) is 7.71. The van der Waals surface area contributed by atoms with Gasteiger partial charge in [0.15, 0.2) is 5.79 Å². The maximum atomic E-state index is 13.9. The van der Waals surface area contributed by atoms with Gasteiger partial charge in [0.2, 0.25) is 0 Å². The molecule has 0 aromatic rings. The van der Waals surface area contributed by atoms with Crippen molar-refractivity contribution >= 4 is 16.1 Å². The van der Waals surface area contributed by atoms with E-state index < -0.39 is 76.0 Å². The Hall–Kier alpha value is -1.12. The van der Waals surface area contributed by atoms with Gasteiger partial charge >= 0.3 is 33.2 Å². The molecule has 1 saturated heterocycles. The van der Waals surface area contributed by atoms with Crippen molar-refractivity contribution in [1.82, 2.24) is 0 Å². The van der Waals surface area contributed by atoms with Gasteiger partial charge in [0.1, 0.15) is 12.2 Å². The number of alkyl halides is 6. The minimum absolute atomic E-state index is 0.137. The number of halogens is 6. The Labute approximate surface area is 173 Å². The quantitative estimate of drug-likeness (QED) is 0.375. The van der Waals surface area contributed by atoms with Crippen LogP contribution in [-0.4, -0.2) is 60.6 Å². The van der Waals surface area contributed by atoms with Gasteiger partial charge in [0.25, 0.3) is 0 Å². The highest BCUT2D eigenvalue weighted by Gasteiger charge is 2.69. The molecule has 4 aliphatic carbocycles. The summed E-state index contributed by atoms with van der Waals surface area (Å²) in [6, 6.07) is 0. The van der Waals surface area contributed by atoms with Crippen LogP contribution >= 0.6 is 0 Å². The average molecular weight is 482 g/mol. The molecule has 0 aromatic carbocycles. The van der Waals surface area contributed by atoms with Crippen LogP contribution in [0.3, 0.4) is 0 Å². The van der Waals surface area contributed by atoms with Crippen LogP contribution in [-0.2, 0) is 29.1 Å². The third kappa shape index (κ3) is 3.44. The molecule has 178 valence electrons. The fourth-order valence-corrected chi connectivity index (χ4v) is 5.94. The van der Waals surface area contributed by atoms with Gasteiger partial charge in [0.05, 0.1) is 6.61 Å². The average Bonchev–Trinajstić information content (AvgIpc) is 2.60. The summed E-state index contributed by atoms with van der Waals surface area (Å²) < 4.78 is 129. The van der Waals surface area contributed by atoms with Crippen molar-refractivity contribution in [2.24, 2.45) is 17.8 Å². The second-order valence-electron chi connectivity index (χ2n) is 8.93. The summed E-state index contributed by atoms with van der Waals surface area (Å²) in [4.78, 5) is 11.9. The third-order valence-electron chi connectivity index (χ3n) is 6.90. The van der Waals surface area contributed by atoms with Crippen molar-refractivity contribution < 1.29 is 58.3 Å². The smallest absolute Gasteiger partial charge is 0.454 e. The Bertz CT molecular complexity index is 860. The van der Waals surface area contributed by atoms with Gasteiger partial charge < -0.3 is 14.2 Å². The van der Waals surface area contributed by atoms with Gasteiger partial charge in [-0.05, 0) is 38.0 Å². The van der Waals surface area contributed by atoms with Gasteiger partial charge in [-0.25, -0.2) is 4.79 Å². The van der Waals surface area contributed by atoms with Crippen LogP contribution in [0.5, 0.6) is 0 Å². The van der Waals surface area contributed by atoms with E-state index in [4.69, 9.17) is 18.8 Å². The number of esters is 1. The van der Waals surface area contributed by atoms with E-state index in [1.165, 1.54) is 0 Å². The summed E-state index contributed by atoms with van der Waals surface area (Å²) in [7, 11) is -6.06. The van der Waals surface area contributed by atoms with E-state index in [-0.39, 0.29) is 25.2 Å². The normalized spacial score (nSPS) is 41.6. The molecule has 1 aliphatic heterocycles. The van der Waals surface area contributed by atoms with E-state index in [1.54, 1.807) is 0 Å². The molecule has 1 N–H and O–H groups in total. The summed E-state index contributed by atoms with van der Waals surface area (Å²) in [5, 5.41) is -5.17. The summed E-state index contributed by atoms with van der Waals surface area (Å²) in [6.07, 6.45) is -0.699. The maximum Gasteiger partial charge on any atom is 0.465 e. The van der Waals surface area contributed by atoms with Crippen LogP contribution in [0.25, 0.3) is 0 Å². The van der Waals surface area contributed by atoms with E-state index >= 15 is 0 Å². The minimum Gasteiger partial charge on any atom is -0.454 e. The molecule has 2 unspecified atom stereocenters. The monoisotopic (exact) mass is 482 g/mol. The zero-order chi connectivity index (χ0) is 23.1. The first-order valence-corrected chi connectivity index (χ1v) is 11.1. The lowest BCUT2D eigenvalue weighted by Crippen LogP contribution is -2.68. The van der Waals surface area contributed by atoms with Crippen LogP contribution in [0.1, 0.15) is 38.5 Å². The number of carbonyl (C=O) groups is 1. The second-order valence-corrected chi connectivity index (χ2v) is 10.4. The molecule has 2 atom stereocenters. The Kier molecular flexibility index (Phi) is 4.98. The van der Waals surface area contributed by atoms with Crippen molar-refractivity contribution in [3.05, 3.63) is 0 Å². The van der Waals surface area contributed by atoms with Crippen LogP contribution < -0.4 is 0 Å². The molecule has 5 fully saturated rings. The maximum absolute atomic E-state index is 13.9. The van der Waals surface area contributed by atoms with Gasteiger partial charge in [0, 0.05) is 18.3 Å². The Morgan fingerprint density at radius 1 is 1.00 bits per heavy atom. The highest BCUT2D eigenvalue weighted by molar-refractivity contribution is 7.87. The van der Waals surface area contributed by atoms with Crippen LogP contribution in [0.15, 0.2) is 0 Å². The first-order chi connectivity index (χ1) is 14.0. The van der Waals surface area contributed by atoms with Crippen molar-refractivity contribution in [3.8, 4) is 0 Å². The summed E-state index contributed by atoms with van der Waals surface area (Å²) >= 11 is 0. The van der Waals surface area contributed by atoms with Crippen molar-refractivity contribution in [1.29, 1.82) is 0 Å². The zero-order valence-electron chi connectivity index (χ0n) is 16.0. The van der Waals surface area contributed by atoms with Crippen molar-refractivity contribution in [2.45, 2.75) is 67.0 Å². The fourth-order valence-electron chi connectivity index (χ4n) is 5.68. The molecule has 4 bridgehead atoms. The molecule has 5 rings (SSSR count). The lowest BCUT2D eigenvalue weighted by atomic mass is 9.51. The predicted molar refractivity (Wildman–Crippen MR) is 88.0 cm³/mol. The lowest BCUT2D eigenvalue weighted by molar-refractivity contribution is -0.390. The van der Waals surface area contributed by atoms with Gasteiger partial charge in [-0.1, -0.05) is 0 Å². The molecule has 0 radical (unpaired) electrons. The number of carbonyl (C=O) groups excluding carboxylic acids is 1. The Morgan fingerprint density at radius 2 is 1.58 bits per heavy atom. The minimum atomic E-state index is -6.06. The first kappa shape index (κ1) is 23.1. The summed E-state index contributed by atoms with van der Waals surface area (Å²) in [6.45, 7) is -2.31. The van der Waals surface area contributed by atoms with E-state index in [1.807, 2.05) is 0 Å². The Morgan fingerprint density at radius 3 is 2.13 bits per heavy atom.